The highest BCUT2D eigenvalue weighted by Gasteiger charge is 2.47. The van der Waals surface area contributed by atoms with Crippen LogP contribution >= 0.6 is 22.6 Å². The first kappa shape index (κ1) is 56.7. The number of carbonyl (C=O) groups is 2. The summed E-state index contributed by atoms with van der Waals surface area (Å²) in [6.07, 6.45) is 15.1. The second-order valence-corrected chi connectivity index (χ2v) is 23.4. The molecule has 4 aliphatic rings. The van der Waals surface area contributed by atoms with Gasteiger partial charge in [-0.3, -0.25) is 0 Å². The number of esters is 2. The molecule has 2 aromatic carbocycles. The van der Waals surface area contributed by atoms with E-state index in [4.69, 9.17) is 37.5 Å². The number of aryl methyl sites for hydroxylation is 4. The average Bonchev–Trinajstić information content (AvgIpc) is 4.15. The van der Waals surface area contributed by atoms with Gasteiger partial charge in [-0.15, -0.1) is 0 Å². The predicted octanol–water partition coefficient (Wildman–Crippen LogP) is 13.8. The first-order valence-corrected chi connectivity index (χ1v) is 27.8. The Labute approximate surface area is 437 Å². The molecule has 0 aliphatic heterocycles. The van der Waals surface area contributed by atoms with Crippen LogP contribution in [0.15, 0.2) is 57.4 Å². The Balaban J connectivity index is 0.000000193. The van der Waals surface area contributed by atoms with E-state index < -0.39 is 22.4 Å². The van der Waals surface area contributed by atoms with Gasteiger partial charge in [0, 0.05) is 15.6 Å². The Morgan fingerprint density at radius 3 is 1.46 bits per heavy atom. The van der Waals surface area contributed by atoms with Crippen molar-refractivity contribution in [2.75, 3.05) is 13.2 Å². The zero-order chi connectivity index (χ0) is 51.4. The van der Waals surface area contributed by atoms with E-state index in [1.165, 1.54) is 11.1 Å². The molecule has 0 saturated heterocycles. The van der Waals surface area contributed by atoms with Crippen molar-refractivity contribution in [3.63, 3.8) is 0 Å². The van der Waals surface area contributed by atoms with E-state index in [2.05, 4.69) is 65.7 Å². The van der Waals surface area contributed by atoms with Crippen LogP contribution in [0.5, 0.6) is 0 Å². The van der Waals surface area contributed by atoms with Crippen LogP contribution in [0.4, 0.5) is 0 Å². The van der Waals surface area contributed by atoms with Crippen LogP contribution < -0.4 is 0 Å². The fourth-order valence-electron chi connectivity index (χ4n) is 9.91. The predicted molar refractivity (Wildman–Crippen MR) is 285 cm³/mol. The number of halogens is 1. The fourth-order valence-corrected chi connectivity index (χ4v) is 10.6. The number of aromatic nitrogens is 2. The number of carbonyl (C=O) groups excluding carboxylic acids is 2. The third-order valence-electron chi connectivity index (χ3n) is 14.0. The van der Waals surface area contributed by atoms with Crippen LogP contribution in [0.3, 0.4) is 0 Å². The van der Waals surface area contributed by atoms with Gasteiger partial charge in [0.05, 0.1) is 37.7 Å². The van der Waals surface area contributed by atoms with Gasteiger partial charge in [-0.25, -0.2) is 19.6 Å². The van der Waals surface area contributed by atoms with E-state index in [-0.39, 0.29) is 24.1 Å². The monoisotopic (exact) mass is 1090 g/mol. The van der Waals surface area contributed by atoms with E-state index >= 15 is 0 Å². The molecule has 1 N–H and O–H groups in total. The largest absolute Gasteiger partial charge is 0.458 e. The Hall–Kier alpha value is -3.63. The number of nitrogens with zero attached hydrogens (tertiary/aromatic N) is 2. The molecule has 71 heavy (non-hydrogen) atoms. The van der Waals surface area contributed by atoms with Crippen LogP contribution in [-0.2, 0) is 44.3 Å². The minimum atomic E-state index is -0.773. The maximum Gasteiger partial charge on any atom is 0.338 e. The van der Waals surface area contributed by atoms with Crippen LogP contribution in [0.1, 0.15) is 178 Å². The van der Waals surface area contributed by atoms with Crippen LogP contribution in [0, 0.1) is 39.5 Å². The van der Waals surface area contributed by atoms with Crippen molar-refractivity contribution in [1.29, 1.82) is 0 Å². The molecule has 8 rings (SSSR count). The molecule has 0 bridgehead atoms. The quantitative estimate of drug-likeness (QED) is 0.0726. The summed E-state index contributed by atoms with van der Waals surface area (Å²) in [6, 6.07) is 16.4. The lowest BCUT2D eigenvalue weighted by molar-refractivity contribution is -0.186. The zero-order valence-corrected chi connectivity index (χ0v) is 46.6. The summed E-state index contributed by atoms with van der Waals surface area (Å²) in [6.45, 7) is 21.1. The maximum absolute atomic E-state index is 12.9. The fraction of sp³-hybridized carbons (Fsp3) is 0.655. The van der Waals surface area contributed by atoms with Gasteiger partial charge < -0.3 is 37.6 Å². The molecule has 12 nitrogen and oxygen atoms in total. The van der Waals surface area contributed by atoms with E-state index in [0.29, 0.717) is 37.5 Å². The number of benzene rings is 2. The lowest BCUT2D eigenvalue weighted by Crippen LogP contribution is -2.45. The molecule has 4 saturated carbocycles. The SMILES string of the molecule is CC(C)(C)OC(=O)C1(OCC2CCCC(O)C2)CCCC1.Cc1ccc(-c2nc(CI)c(C)o2)cc1.Cc1ccc(-c2nc(COC3CCCC(COC4(C(=O)OC(C)(C)C)CCCC4)C3)c(C)o2)cc1. The minimum Gasteiger partial charge on any atom is -0.458 e. The topological polar surface area (TPSA) is 153 Å². The molecule has 4 aliphatic carbocycles. The summed E-state index contributed by atoms with van der Waals surface area (Å²) >= 11 is 2.29. The van der Waals surface area contributed by atoms with Crippen LogP contribution in [-0.4, -0.2) is 74.8 Å². The number of hydrogen-bond donors (Lipinski definition) is 1. The molecular formula is C58H83IN2O10. The Morgan fingerprint density at radius 1 is 0.620 bits per heavy atom. The molecule has 4 aromatic rings. The number of rotatable bonds is 14. The van der Waals surface area contributed by atoms with Gasteiger partial charge in [0.25, 0.3) is 0 Å². The third kappa shape index (κ3) is 17.0. The van der Waals surface area contributed by atoms with Gasteiger partial charge in [-0.2, -0.15) is 0 Å². The highest BCUT2D eigenvalue weighted by atomic mass is 127. The Morgan fingerprint density at radius 2 is 1.04 bits per heavy atom. The smallest absolute Gasteiger partial charge is 0.338 e. The number of ether oxygens (including phenoxy) is 5. The maximum atomic E-state index is 12.9. The third-order valence-corrected chi connectivity index (χ3v) is 14.7. The summed E-state index contributed by atoms with van der Waals surface area (Å²) in [4.78, 5) is 34.6. The standard InChI is InChI=1S/C29H41NO5.C17H30O4.C12H12INO/c1-20-11-13-23(14-12-20)26-30-25(21(2)34-26)19-32-24-10-8-9-22(17-24)18-33-29(15-6-7-16-29)27(31)35-28(3,4)5;1-16(2,3)21-15(19)17(9-4-5-10-17)20-12-13-7-6-8-14(18)11-13;1-8-3-5-10(6-4-8)12-14-11(7-13)9(2)15-12/h11-14,22,24H,6-10,15-19H2,1-5H3;13-14,18H,4-12H2,1-3H3;3-6H,7H2,1-2H3. The van der Waals surface area contributed by atoms with Crippen LogP contribution in [0.25, 0.3) is 22.9 Å². The van der Waals surface area contributed by atoms with Crippen molar-refractivity contribution in [2.24, 2.45) is 11.8 Å². The number of aliphatic hydroxyl groups is 1. The van der Waals surface area contributed by atoms with Crippen LogP contribution in [0.2, 0.25) is 0 Å². The Kier molecular flexibility index (Phi) is 20.4. The molecule has 0 radical (unpaired) electrons. The lowest BCUT2D eigenvalue weighted by Gasteiger charge is -2.34. The highest BCUT2D eigenvalue weighted by molar-refractivity contribution is 14.1. The molecule has 2 aromatic heterocycles. The molecule has 392 valence electrons. The molecular weight excluding hydrogens is 1010 g/mol. The second-order valence-electron chi connectivity index (χ2n) is 22.6. The zero-order valence-electron chi connectivity index (χ0n) is 44.5. The molecule has 13 heteroatoms. The van der Waals surface area contributed by atoms with E-state index in [1.807, 2.05) is 79.7 Å². The van der Waals surface area contributed by atoms with Crippen molar-refractivity contribution < 1.29 is 47.2 Å². The molecule has 4 unspecified atom stereocenters. The normalized spacial score (nSPS) is 21.9. The second kappa shape index (κ2) is 25.5. The summed E-state index contributed by atoms with van der Waals surface area (Å²) in [5.74, 6) is 3.43. The van der Waals surface area contributed by atoms with Gasteiger partial charge in [0.15, 0.2) is 11.2 Å². The van der Waals surface area contributed by atoms with Crippen molar-refractivity contribution in [3.05, 3.63) is 82.6 Å². The summed E-state index contributed by atoms with van der Waals surface area (Å²) < 4.78 is 42.5. The lowest BCUT2D eigenvalue weighted by atomic mass is 9.87. The van der Waals surface area contributed by atoms with E-state index in [1.54, 1.807) is 0 Å². The van der Waals surface area contributed by atoms with Gasteiger partial charge in [0.1, 0.15) is 28.4 Å². The molecule has 0 spiro atoms. The molecule has 4 atom stereocenters. The van der Waals surface area contributed by atoms with E-state index in [9.17, 15) is 14.7 Å². The molecule has 2 heterocycles. The summed E-state index contributed by atoms with van der Waals surface area (Å²) in [5.41, 5.74) is 3.87. The highest BCUT2D eigenvalue weighted by Crippen LogP contribution is 2.39. The van der Waals surface area contributed by atoms with Crippen molar-refractivity contribution in [1.82, 2.24) is 9.97 Å². The van der Waals surface area contributed by atoms with Crippen molar-refractivity contribution in [2.45, 2.75) is 218 Å². The average molecular weight is 1100 g/mol. The number of alkyl halides is 1. The minimum absolute atomic E-state index is 0.164. The van der Waals surface area contributed by atoms with E-state index in [0.717, 1.165) is 147 Å². The first-order valence-electron chi connectivity index (χ1n) is 26.3. The van der Waals surface area contributed by atoms with Gasteiger partial charge in [-0.05, 0) is 195 Å². The van der Waals surface area contributed by atoms with Gasteiger partial charge >= 0.3 is 11.9 Å². The van der Waals surface area contributed by atoms with Crippen molar-refractivity contribution in [3.8, 4) is 22.9 Å². The number of hydrogen-bond acceptors (Lipinski definition) is 12. The Bertz CT molecular complexity index is 2280. The first-order chi connectivity index (χ1) is 33.6. The number of oxazole rings is 2. The number of aliphatic hydroxyl groups excluding tert-OH is 1. The van der Waals surface area contributed by atoms with Gasteiger partial charge in [0.2, 0.25) is 11.8 Å². The summed E-state index contributed by atoms with van der Waals surface area (Å²) in [5, 5.41) is 9.75. The molecule has 4 fully saturated rings. The summed E-state index contributed by atoms with van der Waals surface area (Å²) in [7, 11) is 0. The van der Waals surface area contributed by atoms with Crippen molar-refractivity contribution >= 4 is 34.5 Å². The van der Waals surface area contributed by atoms with Gasteiger partial charge in [-0.1, -0.05) is 70.8 Å². The molecule has 0 amide bonds.